The molecule has 1 aliphatic rings. The number of nitriles is 1. The average Bonchev–Trinajstić information content (AvgIpc) is 2.74. The van der Waals surface area contributed by atoms with E-state index in [1.165, 1.54) is 22.5 Å². The zero-order chi connectivity index (χ0) is 21.0. The third-order valence-electron chi connectivity index (χ3n) is 5.11. The maximum Gasteiger partial charge on any atom is 0.282 e. The molecule has 9 heteroatoms. The van der Waals surface area contributed by atoms with Gasteiger partial charge in [-0.1, -0.05) is 12.1 Å². The average molecular weight is 417 g/mol. The lowest BCUT2D eigenvalue weighted by Crippen LogP contribution is -3.19. The van der Waals surface area contributed by atoms with E-state index in [4.69, 9.17) is 5.26 Å². The second kappa shape index (κ2) is 8.69. The number of nitrogens with one attached hydrogen (secondary N) is 2. The molecule has 0 aromatic heterocycles. The number of carbonyl (C=O) groups is 1. The Kier molecular flexibility index (Phi) is 6.27. The predicted octanol–water partition coefficient (Wildman–Crippen LogP) is 0.614. The fraction of sp³-hybridized carbons (Fsp3) is 0.300. The van der Waals surface area contributed by atoms with Crippen molar-refractivity contribution in [3.63, 3.8) is 0 Å². The van der Waals surface area contributed by atoms with E-state index in [1.54, 1.807) is 31.2 Å². The van der Waals surface area contributed by atoms with Crippen LogP contribution in [0.5, 0.6) is 0 Å². The second-order valence-corrected chi connectivity index (χ2v) is 8.80. The van der Waals surface area contributed by atoms with Crippen molar-refractivity contribution in [2.24, 2.45) is 0 Å². The zero-order valence-electron chi connectivity index (χ0n) is 15.9. The largest absolute Gasteiger partial charge is 0.323 e. The maximum atomic E-state index is 13.9. The number of piperazine rings is 1. The number of quaternary nitrogens is 1. The number of hydrogen-bond donors (Lipinski definition) is 2. The second-order valence-electron chi connectivity index (χ2n) is 6.89. The summed E-state index contributed by atoms with van der Waals surface area (Å²) in [4.78, 5) is 13.2. The first-order chi connectivity index (χ1) is 13.8. The molecule has 2 aromatic rings. The lowest BCUT2D eigenvalue weighted by Gasteiger charge is -2.34. The third-order valence-corrected chi connectivity index (χ3v) is 7.04. The minimum Gasteiger partial charge on any atom is -0.323 e. The highest BCUT2D eigenvalue weighted by atomic mass is 32.2. The summed E-state index contributed by atoms with van der Waals surface area (Å²) in [5, 5.41) is 11.6. The van der Waals surface area contributed by atoms with E-state index in [2.05, 4.69) is 5.32 Å². The normalized spacial score (nSPS) is 16.7. The van der Waals surface area contributed by atoms with Crippen molar-refractivity contribution in [1.82, 2.24) is 4.31 Å². The molecular weight excluding hydrogens is 395 g/mol. The van der Waals surface area contributed by atoms with Gasteiger partial charge in [0.1, 0.15) is 10.7 Å². The van der Waals surface area contributed by atoms with Gasteiger partial charge in [-0.05, 0) is 43.3 Å². The molecule has 1 fully saturated rings. The lowest BCUT2D eigenvalue weighted by molar-refractivity contribution is -0.917. The van der Waals surface area contributed by atoms with Crippen LogP contribution in [0.25, 0.3) is 0 Å². The Morgan fingerprint density at radius 3 is 2.38 bits per heavy atom. The van der Waals surface area contributed by atoms with Crippen LogP contribution < -0.4 is 10.2 Å². The van der Waals surface area contributed by atoms with Crippen molar-refractivity contribution < 1.29 is 22.5 Å². The van der Waals surface area contributed by atoms with Crippen LogP contribution >= 0.6 is 0 Å². The summed E-state index contributed by atoms with van der Waals surface area (Å²) >= 11 is 0. The van der Waals surface area contributed by atoms with Crippen molar-refractivity contribution in [3.05, 3.63) is 59.9 Å². The molecule has 0 spiro atoms. The molecule has 0 unspecified atom stereocenters. The Morgan fingerprint density at radius 2 is 1.79 bits per heavy atom. The molecule has 1 heterocycles. The van der Waals surface area contributed by atoms with Crippen LogP contribution in [0.3, 0.4) is 0 Å². The highest BCUT2D eigenvalue weighted by Gasteiger charge is 2.35. The van der Waals surface area contributed by atoms with Gasteiger partial charge in [0.2, 0.25) is 10.0 Å². The molecule has 2 N–H and O–H groups in total. The standard InChI is InChI=1S/C20H21FN4O3S/c1-15(20(26)23-17-8-6-16(14-22)7-9-17)24-10-12-25(13-11-24)29(27,28)19-5-3-2-4-18(19)21/h2-9,15H,10-13H2,1H3,(H,23,26)/p+1/t15-/m0/s1. The first kappa shape index (κ1) is 20.9. The summed E-state index contributed by atoms with van der Waals surface area (Å²) in [7, 11) is -3.90. The Bertz CT molecular complexity index is 1030. The topological polar surface area (TPSA) is 94.7 Å². The minimum absolute atomic E-state index is 0.185. The van der Waals surface area contributed by atoms with Crippen LogP contribution in [0.1, 0.15) is 12.5 Å². The molecule has 0 saturated carbocycles. The Morgan fingerprint density at radius 1 is 1.17 bits per heavy atom. The summed E-state index contributed by atoms with van der Waals surface area (Å²) in [6, 6.07) is 13.5. The first-order valence-electron chi connectivity index (χ1n) is 9.23. The molecule has 1 aliphatic heterocycles. The van der Waals surface area contributed by atoms with Crippen LogP contribution in [0.2, 0.25) is 0 Å². The first-order valence-corrected chi connectivity index (χ1v) is 10.7. The molecule has 1 atom stereocenters. The molecule has 7 nitrogen and oxygen atoms in total. The van der Waals surface area contributed by atoms with E-state index in [0.29, 0.717) is 24.3 Å². The molecule has 29 heavy (non-hydrogen) atoms. The van der Waals surface area contributed by atoms with E-state index in [0.717, 1.165) is 11.0 Å². The van der Waals surface area contributed by atoms with Gasteiger partial charge in [-0.3, -0.25) is 4.79 Å². The number of rotatable bonds is 5. The van der Waals surface area contributed by atoms with E-state index in [1.807, 2.05) is 6.07 Å². The van der Waals surface area contributed by atoms with E-state index >= 15 is 0 Å². The van der Waals surface area contributed by atoms with Gasteiger partial charge in [0.15, 0.2) is 6.04 Å². The number of carbonyl (C=O) groups excluding carboxylic acids is 1. The molecule has 0 radical (unpaired) electrons. The Hall–Kier alpha value is -2.80. The quantitative estimate of drug-likeness (QED) is 0.746. The van der Waals surface area contributed by atoms with Crippen molar-refractivity contribution in [2.75, 3.05) is 31.5 Å². The van der Waals surface area contributed by atoms with Gasteiger partial charge in [0.05, 0.1) is 37.8 Å². The summed E-state index contributed by atoms with van der Waals surface area (Å²) in [5.74, 6) is -0.951. The van der Waals surface area contributed by atoms with Crippen LogP contribution in [-0.4, -0.2) is 50.9 Å². The van der Waals surface area contributed by atoms with E-state index < -0.39 is 15.8 Å². The molecule has 2 aromatic carbocycles. The van der Waals surface area contributed by atoms with Crippen molar-refractivity contribution in [2.45, 2.75) is 17.9 Å². The number of anilines is 1. The lowest BCUT2D eigenvalue weighted by atomic mass is 10.2. The van der Waals surface area contributed by atoms with Crippen molar-refractivity contribution in [3.8, 4) is 6.07 Å². The summed E-state index contributed by atoms with van der Waals surface area (Å²) < 4.78 is 40.6. The summed E-state index contributed by atoms with van der Waals surface area (Å²) in [5.41, 5.74) is 1.11. The third kappa shape index (κ3) is 4.62. The molecule has 1 saturated heterocycles. The minimum atomic E-state index is -3.90. The SMILES string of the molecule is C[C@@H](C(=O)Nc1ccc(C#N)cc1)[NH+]1CCN(S(=O)(=O)c2ccccc2F)CC1. The highest BCUT2D eigenvalue weighted by molar-refractivity contribution is 7.89. The molecule has 1 amide bonds. The summed E-state index contributed by atoms with van der Waals surface area (Å²) in [6.07, 6.45) is 0. The van der Waals surface area contributed by atoms with Crippen LogP contribution in [0.15, 0.2) is 53.4 Å². The highest BCUT2D eigenvalue weighted by Crippen LogP contribution is 2.18. The van der Waals surface area contributed by atoms with Gasteiger partial charge in [-0.15, -0.1) is 0 Å². The monoisotopic (exact) mass is 417 g/mol. The number of benzene rings is 2. The van der Waals surface area contributed by atoms with Crippen molar-refractivity contribution >= 4 is 21.6 Å². The fourth-order valence-electron chi connectivity index (χ4n) is 3.30. The summed E-state index contributed by atoms with van der Waals surface area (Å²) in [6.45, 7) is 3.08. The van der Waals surface area contributed by atoms with Crippen LogP contribution in [0.4, 0.5) is 10.1 Å². The number of sulfonamides is 1. The van der Waals surface area contributed by atoms with Crippen LogP contribution in [-0.2, 0) is 14.8 Å². The number of amides is 1. The zero-order valence-corrected chi connectivity index (χ0v) is 16.7. The molecule has 0 bridgehead atoms. The van der Waals surface area contributed by atoms with Gasteiger partial charge in [0.25, 0.3) is 5.91 Å². The van der Waals surface area contributed by atoms with Gasteiger partial charge < -0.3 is 10.2 Å². The van der Waals surface area contributed by atoms with Gasteiger partial charge in [-0.25, -0.2) is 12.8 Å². The van der Waals surface area contributed by atoms with Gasteiger partial charge in [0, 0.05) is 5.69 Å². The Labute approximate surface area is 169 Å². The number of halogens is 1. The Balaban J connectivity index is 1.60. The van der Waals surface area contributed by atoms with Crippen molar-refractivity contribution in [1.29, 1.82) is 5.26 Å². The van der Waals surface area contributed by atoms with Gasteiger partial charge in [-0.2, -0.15) is 9.57 Å². The maximum absolute atomic E-state index is 13.9. The molecule has 3 rings (SSSR count). The van der Waals surface area contributed by atoms with E-state index in [9.17, 15) is 17.6 Å². The van der Waals surface area contributed by atoms with E-state index in [-0.39, 0.29) is 29.9 Å². The predicted molar refractivity (Wildman–Crippen MR) is 105 cm³/mol. The van der Waals surface area contributed by atoms with Gasteiger partial charge >= 0.3 is 0 Å². The fourth-order valence-corrected chi connectivity index (χ4v) is 4.81. The molecule has 152 valence electrons. The smallest absolute Gasteiger partial charge is 0.282 e. The molecule has 0 aliphatic carbocycles. The number of nitrogens with zero attached hydrogens (tertiary/aromatic N) is 2. The molecular formula is C20H22FN4O3S+. The van der Waals surface area contributed by atoms with Crippen LogP contribution in [0, 0.1) is 17.1 Å². The number of hydrogen-bond acceptors (Lipinski definition) is 4.